The summed E-state index contributed by atoms with van der Waals surface area (Å²) in [5.41, 5.74) is 1.95. The molecule has 1 N–H and O–H groups in total. The number of ether oxygens (including phenoxy) is 1. The van der Waals surface area contributed by atoms with Gasteiger partial charge in [0.15, 0.2) is 0 Å². The summed E-state index contributed by atoms with van der Waals surface area (Å²) in [6.45, 7) is 3.49. The smallest absolute Gasteiger partial charge is 0.251 e. The van der Waals surface area contributed by atoms with E-state index in [-0.39, 0.29) is 17.7 Å². The fourth-order valence-electron chi connectivity index (χ4n) is 2.43. The Morgan fingerprint density at radius 3 is 2.19 bits per heavy atom. The standard InChI is InChI=1S/C19H24N2O4S/c1-5-26(23,24)21(3)17-10-6-16(7-11-17)19(22)20-14(2)15-8-12-18(25-4)13-9-15/h6-14H,5H2,1-4H3,(H,20,22). The Labute approximate surface area is 154 Å². The van der Waals surface area contributed by atoms with E-state index in [4.69, 9.17) is 4.74 Å². The molecule has 0 saturated heterocycles. The molecule has 2 aromatic carbocycles. The molecule has 0 spiro atoms. The van der Waals surface area contributed by atoms with E-state index in [1.807, 2.05) is 31.2 Å². The van der Waals surface area contributed by atoms with Crippen LogP contribution in [0.3, 0.4) is 0 Å². The lowest BCUT2D eigenvalue weighted by atomic mass is 10.1. The molecular formula is C19H24N2O4S. The van der Waals surface area contributed by atoms with Crippen LogP contribution in [0, 0.1) is 0 Å². The second-order valence-electron chi connectivity index (χ2n) is 5.88. The van der Waals surface area contributed by atoms with Crippen molar-refractivity contribution in [3.8, 4) is 5.75 Å². The van der Waals surface area contributed by atoms with E-state index in [1.54, 1.807) is 38.3 Å². The molecule has 0 bridgehead atoms. The average Bonchev–Trinajstić information content (AvgIpc) is 2.67. The predicted molar refractivity (Wildman–Crippen MR) is 103 cm³/mol. The van der Waals surface area contributed by atoms with Crippen LogP contribution in [-0.4, -0.2) is 34.2 Å². The number of methoxy groups -OCH3 is 1. The highest BCUT2D eigenvalue weighted by molar-refractivity contribution is 7.92. The van der Waals surface area contributed by atoms with Gasteiger partial charge in [-0.2, -0.15) is 0 Å². The quantitative estimate of drug-likeness (QED) is 0.806. The lowest BCUT2D eigenvalue weighted by Gasteiger charge is -2.19. The maximum atomic E-state index is 12.4. The van der Waals surface area contributed by atoms with Gasteiger partial charge in [-0.15, -0.1) is 0 Å². The number of carbonyl (C=O) groups is 1. The minimum atomic E-state index is -3.32. The zero-order valence-electron chi connectivity index (χ0n) is 15.4. The van der Waals surface area contributed by atoms with E-state index in [0.29, 0.717) is 11.3 Å². The van der Waals surface area contributed by atoms with Crippen molar-refractivity contribution in [1.82, 2.24) is 5.32 Å². The van der Waals surface area contributed by atoms with Crippen LogP contribution in [-0.2, 0) is 10.0 Å². The van der Waals surface area contributed by atoms with E-state index >= 15 is 0 Å². The molecule has 0 heterocycles. The van der Waals surface area contributed by atoms with Crippen LogP contribution in [0.2, 0.25) is 0 Å². The Morgan fingerprint density at radius 1 is 1.12 bits per heavy atom. The number of amides is 1. The molecule has 6 nitrogen and oxygen atoms in total. The number of hydrogen-bond donors (Lipinski definition) is 1. The van der Waals surface area contributed by atoms with E-state index < -0.39 is 10.0 Å². The highest BCUT2D eigenvalue weighted by Crippen LogP contribution is 2.20. The molecule has 2 aromatic rings. The predicted octanol–water partition coefficient (Wildman–Crippen LogP) is 2.97. The third kappa shape index (κ3) is 4.54. The average molecular weight is 376 g/mol. The number of nitrogens with one attached hydrogen (secondary N) is 1. The molecule has 0 radical (unpaired) electrons. The van der Waals surface area contributed by atoms with E-state index in [0.717, 1.165) is 11.3 Å². The topological polar surface area (TPSA) is 75.7 Å². The largest absolute Gasteiger partial charge is 0.497 e. The molecule has 0 saturated carbocycles. The molecule has 0 aromatic heterocycles. The van der Waals surface area contributed by atoms with Crippen molar-refractivity contribution < 1.29 is 17.9 Å². The summed E-state index contributed by atoms with van der Waals surface area (Å²) in [4.78, 5) is 12.4. The number of nitrogens with zero attached hydrogens (tertiary/aromatic N) is 1. The van der Waals surface area contributed by atoms with E-state index in [2.05, 4.69) is 5.32 Å². The van der Waals surface area contributed by atoms with Crippen molar-refractivity contribution in [3.05, 3.63) is 59.7 Å². The molecule has 140 valence electrons. The number of benzene rings is 2. The molecule has 26 heavy (non-hydrogen) atoms. The first-order valence-electron chi connectivity index (χ1n) is 8.30. The number of carbonyl (C=O) groups excluding carboxylic acids is 1. The molecule has 0 fully saturated rings. The zero-order valence-corrected chi connectivity index (χ0v) is 16.2. The first-order valence-corrected chi connectivity index (χ1v) is 9.91. The summed E-state index contributed by atoms with van der Waals surface area (Å²) < 4.78 is 30.2. The van der Waals surface area contributed by atoms with Crippen molar-refractivity contribution in [2.75, 3.05) is 24.2 Å². The van der Waals surface area contributed by atoms with Crippen molar-refractivity contribution >= 4 is 21.6 Å². The Balaban J connectivity index is 2.07. The Bertz CT molecular complexity index is 846. The van der Waals surface area contributed by atoms with Gasteiger partial charge in [0.25, 0.3) is 5.91 Å². The number of sulfonamides is 1. The van der Waals surface area contributed by atoms with Crippen LogP contribution < -0.4 is 14.4 Å². The molecule has 0 aliphatic heterocycles. The van der Waals surface area contributed by atoms with Crippen LogP contribution in [0.4, 0.5) is 5.69 Å². The van der Waals surface area contributed by atoms with Crippen LogP contribution >= 0.6 is 0 Å². The first kappa shape index (κ1) is 19.8. The van der Waals surface area contributed by atoms with E-state index in [9.17, 15) is 13.2 Å². The summed E-state index contributed by atoms with van der Waals surface area (Å²) in [6, 6.07) is 13.8. The molecule has 1 atom stereocenters. The fourth-order valence-corrected chi connectivity index (χ4v) is 3.26. The molecule has 0 aliphatic carbocycles. The molecule has 2 rings (SSSR count). The van der Waals surface area contributed by atoms with Crippen LogP contribution in [0.1, 0.15) is 35.8 Å². The summed E-state index contributed by atoms with van der Waals surface area (Å²) in [7, 11) is -0.219. The van der Waals surface area contributed by atoms with Crippen LogP contribution in [0.25, 0.3) is 0 Å². The highest BCUT2D eigenvalue weighted by atomic mass is 32.2. The van der Waals surface area contributed by atoms with Crippen molar-refractivity contribution in [2.45, 2.75) is 19.9 Å². The fraction of sp³-hybridized carbons (Fsp3) is 0.316. The number of rotatable bonds is 7. The van der Waals surface area contributed by atoms with Gasteiger partial charge < -0.3 is 10.1 Å². The van der Waals surface area contributed by atoms with Crippen molar-refractivity contribution in [3.63, 3.8) is 0 Å². The van der Waals surface area contributed by atoms with Gasteiger partial charge in [0.05, 0.1) is 24.6 Å². The second-order valence-corrected chi connectivity index (χ2v) is 8.17. The maximum absolute atomic E-state index is 12.4. The van der Waals surface area contributed by atoms with Gasteiger partial charge in [0, 0.05) is 12.6 Å². The number of anilines is 1. The SMILES string of the molecule is CCS(=O)(=O)N(C)c1ccc(C(=O)NC(C)c2ccc(OC)cc2)cc1. The Kier molecular flexibility index (Phi) is 6.26. The monoisotopic (exact) mass is 376 g/mol. The minimum Gasteiger partial charge on any atom is -0.497 e. The van der Waals surface area contributed by atoms with Gasteiger partial charge in [-0.1, -0.05) is 12.1 Å². The minimum absolute atomic E-state index is 0.0190. The lowest BCUT2D eigenvalue weighted by Crippen LogP contribution is -2.28. The molecular weight excluding hydrogens is 352 g/mol. The van der Waals surface area contributed by atoms with Crippen molar-refractivity contribution in [1.29, 1.82) is 0 Å². The normalized spacial score (nSPS) is 12.3. The zero-order chi connectivity index (χ0) is 19.3. The lowest BCUT2D eigenvalue weighted by molar-refractivity contribution is 0.0940. The third-order valence-electron chi connectivity index (χ3n) is 4.24. The Hall–Kier alpha value is -2.54. The second kappa shape index (κ2) is 8.23. The summed E-state index contributed by atoms with van der Waals surface area (Å²) >= 11 is 0. The maximum Gasteiger partial charge on any atom is 0.251 e. The third-order valence-corrected chi connectivity index (χ3v) is 6.01. The first-order chi connectivity index (χ1) is 12.3. The summed E-state index contributed by atoms with van der Waals surface area (Å²) in [5.74, 6) is 0.556. The Morgan fingerprint density at radius 2 is 1.69 bits per heavy atom. The number of hydrogen-bond acceptors (Lipinski definition) is 4. The van der Waals surface area contributed by atoms with Gasteiger partial charge in [-0.05, 0) is 55.8 Å². The van der Waals surface area contributed by atoms with Gasteiger partial charge in [0.1, 0.15) is 5.75 Å². The van der Waals surface area contributed by atoms with E-state index in [1.165, 1.54) is 11.4 Å². The van der Waals surface area contributed by atoms with Crippen LogP contribution in [0.5, 0.6) is 5.75 Å². The summed E-state index contributed by atoms with van der Waals surface area (Å²) in [5, 5.41) is 2.93. The van der Waals surface area contributed by atoms with Gasteiger partial charge >= 0.3 is 0 Å². The molecule has 1 unspecified atom stereocenters. The van der Waals surface area contributed by atoms with Gasteiger partial charge in [0.2, 0.25) is 10.0 Å². The highest BCUT2D eigenvalue weighted by Gasteiger charge is 2.17. The van der Waals surface area contributed by atoms with Gasteiger partial charge in [-0.25, -0.2) is 8.42 Å². The molecule has 0 aliphatic rings. The molecule has 1 amide bonds. The van der Waals surface area contributed by atoms with Crippen LogP contribution in [0.15, 0.2) is 48.5 Å². The van der Waals surface area contributed by atoms with Crippen molar-refractivity contribution in [2.24, 2.45) is 0 Å². The van der Waals surface area contributed by atoms with Gasteiger partial charge in [-0.3, -0.25) is 9.10 Å². The summed E-state index contributed by atoms with van der Waals surface area (Å²) in [6.07, 6.45) is 0. The molecule has 7 heteroatoms.